The zero-order chi connectivity index (χ0) is 14.1. The van der Waals surface area contributed by atoms with Gasteiger partial charge in [-0.2, -0.15) is 0 Å². The third-order valence-electron chi connectivity index (χ3n) is 2.83. The number of nitrogens with zero attached hydrogens (tertiary/aromatic N) is 1. The van der Waals surface area contributed by atoms with Crippen LogP contribution in [0.1, 0.15) is 24.2 Å². The number of amides is 1. The number of halogens is 2. The third kappa shape index (κ3) is 2.76. The van der Waals surface area contributed by atoms with Crippen molar-refractivity contribution in [2.45, 2.75) is 19.4 Å². The number of carboxylic acid groups (broad SMARTS) is 1. The Labute approximate surface area is 115 Å². The van der Waals surface area contributed by atoms with Crippen LogP contribution in [0, 0.1) is 0 Å². The lowest BCUT2D eigenvalue weighted by Crippen LogP contribution is -2.50. The van der Waals surface area contributed by atoms with Gasteiger partial charge >= 0.3 is 5.97 Å². The summed E-state index contributed by atoms with van der Waals surface area (Å²) in [6, 6.07) is 4.45. The monoisotopic (exact) mass is 289 g/mol. The van der Waals surface area contributed by atoms with Crippen LogP contribution in [0.3, 0.4) is 0 Å². The molecule has 0 radical (unpaired) electrons. The Balaban J connectivity index is 3.11. The van der Waals surface area contributed by atoms with Gasteiger partial charge in [-0.3, -0.25) is 4.79 Å². The van der Waals surface area contributed by atoms with Crippen molar-refractivity contribution in [3.05, 3.63) is 33.8 Å². The molecule has 0 fully saturated rings. The van der Waals surface area contributed by atoms with Gasteiger partial charge in [-0.15, -0.1) is 0 Å². The summed E-state index contributed by atoms with van der Waals surface area (Å²) in [5, 5.41) is 9.68. The first-order valence-corrected chi connectivity index (χ1v) is 5.90. The first-order valence-electron chi connectivity index (χ1n) is 5.14. The van der Waals surface area contributed by atoms with E-state index < -0.39 is 17.4 Å². The molecule has 0 atom stereocenters. The molecule has 0 spiro atoms. The van der Waals surface area contributed by atoms with Crippen LogP contribution < -0.4 is 0 Å². The second-order valence-corrected chi connectivity index (χ2v) is 5.20. The van der Waals surface area contributed by atoms with Crippen LogP contribution in [-0.4, -0.2) is 34.5 Å². The van der Waals surface area contributed by atoms with Gasteiger partial charge in [-0.25, -0.2) is 4.79 Å². The molecule has 0 saturated carbocycles. The van der Waals surface area contributed by atoms with E-state index in [4.69, 9.17) is 28.3 Å². The van der Waals surface area contributed by atoms with Gasteiger partial charge in [0.1, 0.15) is 5.54 Å². The van der Waals surface area contributed by atoms with E-state index in [1.165, 1.54) is 39.1 Å². The van der Waals surface area contributed by atoms with Gasteiger partial charge in [0.15, 0.2) is 0 Å². The van der Waals surface area contributed by atoms with E-state index in [-0.39, 0.29) is 10.6 Å². The summed E-state index contributed by atoms with van der Waals surface area (Å²) in [5.41, 5.74) is -1.10. The number of aliphatic carboxylic acids is 1. The summed E-state index contributed by atoms with van der Waals surface area (Å²) in [7, 11) is 1.42. The Morgan fingerprint density at radius 2 is 1.83 bits per heavy atom. The fourth-order valence-corrected chi connectivity index (χ4v) is 1.73. The number of carbonyl (C=O) groups excluding carboxylic acids is 1. The highest BCUT2D eigenvalue weighted by atomic mass is 35.5. The molecule has 0 bridgehead atoms. The van der Waals surface area contributed by atoms with Crippen molar-refractivity contribution in [1.82, 2.24) is 4.90 Å². The molecular weight excluding hydrogens is 277 g/mol. The number of carbonyl (C=O) groups is 2. The number of hydrogen-bond acceptors (Lipinski definition) is 2. The van der Waals surface area contributed by atoms with Crippen LogP contribution in [0.5, 0.6) is 0 Å². The van der Waals surface area contributed by atoms with Gasteiger partial charge in [0.05, 0.1) is 10.6 Å². The summed E-state index contributed by atoms with van der Waals surface area (Å²) in [6.07, 6.45) is 0. The first kappa shape index (κ1) is 14.8. The molecule has 0 saturated heterocycles. The maximum Gasteiger partial charge on any atom is 0.329 e. The van der Waals surface area contributed by atoms with E-state index in [1.807, 2.05) is 0 Å². The Morgan fingerprint density at radius 1 is 1.28 bits per heavy atom. The Bertz CT molecular complexity index is 500. The van der Waals surface area contributed by atoms with Crippen molar-refractivity contribution in [3.8, 4) is 0 Å². The third-order valence-corrected chi connectivity index (χ3v) is 3.38. The molecule has 1 aromatic carbocycles. The molecule has 0 heterocycles. The molecule has 0 aliphatic rings. The SMILES string of the molecule is CN(C(=O)c1ccc(Cl)cc1Cl)C(C)(C)C(=O)O. The molecule has 1 rings (SSSR count). The quantitative estimate of drug-likeness (QED) is 0.931. The van der Waals surface area contributed by atoms with Crippen molar-refractivity contribution < 1.29 is 14.7 Å². The van der Waals surface area contributed by atoms with E-state index in [1.54, 1.807) is 0 Å². The van der Waals surface area contributed by atoms with Gasteiger partial charge in [0.2, 0.25) is 0 Å². The van der Waals surface area contributed by atoms with Crippen LogP contribution in [0.25, 0.3) is 0 Å². The minimum absolute atomic E-state index is 0.195. The predicted octanol–water partition coefficient (Wildman–Crippen LogP) is 2.93. The van der Waals surface area contributed by atoms with E-state index in [2.05, 4.69) is 0 Å². The van der Waals surface area contributed by atoms with Crippen molar-refractivity contribution in [2.24, 2.45) is 0 Å². The zero-order valence-corrected chi connectivity index (χ0v) is 11.7. The minimum atomic E-state index is -1.32. The molecule has 98 valence electrons. The Kier molecular flexibility index (Phi) is 4.24. The van der Waals surface area contributed by atoms with Crippen LogP contribution in [-0.2, 0) is 4.79 Å². The average Bonchev–Trinajstić information content (AvgIpc) is 2.26. The maximum atomic E-state index is 12.2. The zero-order valence-electron chi connectivity index (χ0n) is 10.2. The second kappa shape index (κ2) is 5.16. The summed E-state index contributed by atoms with van der Waals surface area (Å²) >= 11 is 11.7. The Morgan fingerprint density at radius 3 is 2.28 bits per heavy atom. The normalized spacial score (nSPS) is 11.2. The molecule has 1 aromatic rings. The smallest absolute Gasteiger partial charge is 0.329 e. The van der Waals surface area contributed by atoms with Crippen molar-refractivity contribution >= 4 is 35.1 Å². The van der Waals surface area contributed by atoms with E-state index in [9.17, 15) is 9.59 Å². The molecule has 0 aliphatic carbocycles. The standard InChI is InChI=1S/C12H13Cl2NO3/c1-12(2,11(17)18)15(3)10(16)8-5-4-7(13)6-9(8)14/h4-6H,1-3H3,(H,17,18). The topological polar surface area (TPSA) is 57.6 Å². The van der Waals surface area contributed by atoms with Gasteiger partial charge in [0.25, 0.3) is 5.91 Å². The lowest BCUT2D eigenvalue weighted by Gasteiger charge is -2.31. The fourth-order valence-electron chi connectivity index (χ4n) is 1.24. The maximum absolute atomic E-state index is 12.2. The van der Waals surface area contributed by atoms with E-state index in [0.29, 0.717) is 5.02 Å². The molecule has 4 nitrogen and oxygen atoms in total. The molecular formula is C12H13Cl2NO3. The van der Waals surface area contributed by atoms with Crippen molar-refractivity contribution in [3.63, 3.8) is 0 Å². The second-order valence-electron chi connectivity index (χ2n) is 4.35. The lowest BCUT2D eigenvalue weighted by atomic mass is 10.0. The highest BCUT2D eigenvalue weighted by Crippen LogP contribution is 2.24. The van der Waals surface area contributed by atoms with Gasteiger partial charge in [0, 0.05) is 12.1 Å². The number of carboxylic acids is 1. The highest BCUT2D eigenvalue weighted by molar-refractivity contribution is 6.36. The number of benzene rings is 1. The predicted molar refractivity (Wildman–Crippen MR) is 70.3 cm³/mol. The van der Waals surface area contributed by atoms with Crippen LogP contribution in [0.2, 0.25) is 10.0 Å². The minimum Gasteiger partial charge on any atom is -0.480 e. The molecule has 0 unspecified atom stereocenters. The van der Waals surface area contributed by atoms with Crippen molar-refractivity contribution in [2.75, 3.05) is 7.05 Å². The van der Waals surface area contributed by atoms with E-state index >= 15 is 0 Å². The summed E-state index contributed by atoms with van der Waals surface area (Å²) in [5.74, 6) is -1.56. The summed E-state index contributed by atoms with van der Waals surface area (Å²) in [4.78, 5) is 24.4. The number of rotatable bonds is 3. The van der Waals surface area contributed by atoms with Crippen LogP contribution >= 0.6 is 23.2 Å². The van der Waals surface area contributed by atoms with E-state index in [0.717, 1.165) is 4.90 Å². The van der Waals surface area contributed by atoms with Gasteiger partial charge < -0.3 is 10.0 Å². The number of hydrogen-bond donors (Lipinski definition) is 1. The largest absolute Gasteiger partial charge is 0.480 e. The molecule has 1 N–H and O–H groups in total. The van der Waals surface area contributed by atoms with Gasteiger partial charge in [-0.05, 0) is 32.0 Å². The molecule has 18 heavy (non-hydrogen) atoms. The Hall–Kier alpha value is -1.26. The average molecular weight is 290 g/mol. The number of likely N-dealkylation sites (N-methyl/N-ethyl adjacent to an activating group) is 1. The lowest BCUT2D eigenvalue weighted by molar-refractivity contribution is -0.147. The van der Waals surface area contributed by atoms with Crippen LogP contribution in [0.15, 0.2) is 18.2 Å². The molecule has 6 heteroatoms. The van der Waals surface area contributed by atoms with Crippen molar-refractivity contribution in [1.29, 1.82) is 0 Å². The molecule has 0 aliphatic heterocycles. The summed E-state index contributed by atoms with van der Waals surface area (Å²) in [6.45, 7) is 2.88. The molecule has 1 amide bonds. The summed E-state index contributed by atoms with van der Waals surface area (Å²) < 4.78 is 0. The fraction of sp³-hybridized carbons (Fsp3) is 0.333. The first-order chi connectivity index (χ1) is 8.17. The van der Waals surface area contributed by atoms with Gasteiger partial charge in [-0.1, -0.05) is 23.2 Å². The highest BCUT2D eigenvalue weighted by Gasteiger charge is 2.36. The molecule has 0 aromatic heterocycles. The van der Waals surface area contributed by atoms with Crippen LogP contribution in [0.4, 0.5) is 0 Å².